The molecule has 0 heterocycles. The van der Waals surface area contributed by atoms with Gasteiger partial charge >= 0.3 is 0 Å². The van der Waals surface area contributed by atoms with Crippen LogP contribution in [-0.4, -0.2) is 23.4 Å². The summed E-state index contributed by atoms with van der Waals surface area (Å²) in [5.41, 5.74) is 1.07. The highest BCUT2D eigenvalue weighted by Gasteiger charge is 2.16. The van der Waals surface area contributed by atoms with E-state index < -0.39 is 25.9 Å². The Morgan fingerprint density at radius 2 is 1.67 bits per heavy atom. The summed E-state index contributed by atoms with van der Waals surface area (Å²) in [7, 11) is -7.49. The Labute approximate surface area is 140 Å². The van der Waals surface area contributed by atoms with Crippen molar-refractivity contribution in [2.24, 2.45) is 5.14 Å². The fraction of sp³-hybridized carbons (Fsp3) is 0.200. The molecule has 0 atom stereocenters. The average molecular weight is 372 g/mol. The molecule has 2 aromatic carbocycles. The van der Waals surface area contributed by atoms with E-state index in [0.29, 0.717) is 12.0 Å². The van der Waals surface area contributed by atoms with Gasteiger partial charge in [-0.05, 0) is 54.8 Å². The highest BCUT2D eigenvalue weighted by molar-refractivity contribution is 7.89. The number of aryl methyl sites for hydroxylation is 1. The maximum Gasteiger partial charge on any atom is 0.240 e. The minimum Gasteiger partial charge on any atom is -0.225 e. The fourth-order valence-electron chi connectivity index (χ4n) is 2.17. The monoisotopic (exact) mass is 372 g/mol. The van der Waals surface area contributed by atoms with Crippen molar-refractivity contribution >= 4 is 20.0 Å². The summed E-state index contributed by atoms with van der Waals surface area (Å²) in [6, 6.07) is 9.32. The van der Waals surface area contributed by atoms with Gasteiger partial charge < -0.3 is 0 Å². The topological polar surface area (TPSA) is 106 Å². The van der Waals surface area contributed by atoms with E-state index in [1.54, 1.807) is 12.1 Å². The number of halogens is 1. The van der Waals surface area contributed by atoms with Crippen LogP contribution in [0.1, 0.15) is 11.1 Å². The van der Waals surface area contributed by atoms with Gasteiger partial charge in [0.2, 0.25) is 20.0 Å². The summed E-state index contributed by atoms with van der Waals surface area (Å²) in [5, 5.41) is 5.01. The highest BCUT2D eigenvalue weighted by atomic mass is 32.2. The van der Waals surface area contributed by atoms with Gasteiger partial charge in [0.1, 0.15) is 5.82 Å². The van der Waals surface area contributed by atoms with Crippen LogP contribution in [0.25, 0.3) is 0 Å². The maximum absolute atomic E-state index is 13.1. The first kappa shape index (κ1) is 18.5. The molecule has 0 saturated carbocycles. The first-order valence-corrected chi connectivity index (χ1v) is 10.00. The molecule has 0 unspecified atom stereocenters. The molecule has 0 spiro atoms. The zero-order valence-electron chi connectivity index (χ0n) is 12.9. The Bertz CT molecular complexity index is 940. The summed E-state index contributed by atoms with van der Waals surface area (Å²) in [4.78, 5) is 0.0160. The van der Waals surface area contributed by atoms with E-state index in [1.165, 1.54) is 25.1 Å². The Morgan fingerprint density at radius 1 is 1.04 bits per heavy atom. The quantitative estimate of drug-likeness (QED) is 0.797. The van der Waals surface area contributed by atoms with Crippen molar-refractivity contribution in [2.45, 2.75) is 23.1 Å². The van der Waals surface area contributed by atoms with Gasteiger partial charge in [-0.25, -0.2) is 31.1 Å². The van der Waals surface area contributed by atoms with Crippen LogP contribution in [0.15, 0.2) is 52.3 Å². The molecule has 9 heteroatoms. The Hall–Kier alpha value is -1.81. The predicted molar refractivity (Wildman–Crippen MR) is 87.8 cm³/mol. The van der Waals surface area contributed by atoms with Crippen LogP contribution in [0.3, 0.4) is 0 Å². The molecule has 0 amide bonds. The second kappa shape index (κ2) is 6.98. The molecule has 0 aliphatic rings. The van der Waals surface area contributed by atoms with E-state index in [-0.39, 0.29) is 16.3 Å². The molecule has 6 nitrogen and oxygen atoms in total. The number of rotatable bonds is 6. The van der Waals surface area contributed by atoms with Crippen molar-refractivity contribution in [3.8, 4) is 0 Å². The molecule has 2 rings (SSSR count). The zero-order valence-corrected chi connectivity index (χ0v) is 14.5. The van der Waals surface area contributed by atoms with Gasteiger partial charge in [0, 0.05) is 6.54 Å². The largest absolute Gasteiger partial charge is 0.240 e. The maximum atomic E-state index is 13.1. The first-order valence-electron chi connectivity index (χ1n) is 6.97. The van der Waals surface area contributed by atoms with E-state index in [0.717, 1.165) is 17.7 Å². The van der Waals surface area contributed by atoms with Crippen molar-refractivity contribution in [1.82, 2.24) is 4.72 Å². The third kappa shape index (κ3) is 4.60. The third-order valence-corrected chi connectivity index (χ3v) is 5.93. The number of primary sulfonamides is 1. The minimum atomic E-state index is -3.75. The Kier molecular flexibility index (Phi) is 5.38. The number of hydrogen-bond acceptors (Lipinski definition) is 4. The van der Waals surface area contributed by atoms with Gasteiger partial charge in [-0.3, -0.25) is 0 Å². The first-order chi connectivity index (χ1) is 11.1. The smallest absolute Gasteiger partial charge is 0.225 e. The molecular formula is C15H17FN2O4S2. The lowest BCUT2D eigenvalue weighted by Crippen LogP contribution is -2.26. The Morgan fingerprint density at radius 3 is 2.21 bits per heavy atom. The Balaban J connectivity index is 2.03. The van der Waals surface area contributed by atoms with Crippen LogP contribution in [-0.2, 0) is 26.5 Å². The standard InChI is InChI=1S/C15H17FN2O4S2/c1-11-10-13(16)4-7-15(11)24(21,22)18-9-8-12-2-5-14(6-3-12)23(17,19)20/h2-7,10,18H,8-9H2,1H3,(H2,17,19,20). The molecule has 0 bridgehead atoms. The van der Waals surface area contributed by atoms with Crippen molar-refractivity contribution in [3.05, 3.63) is 59.4 Å². The van der Waals surface area contributed by atoms with E-state index in [1.807, 2.05) is 0 Å². The number of nitrogens with two attached hydrogens (primary N) is 1. The van der Waals surface area contributed by atoms with E-state index in [9.17, 15) is 21.2 Å². The van der Waals surface area contributed by atoms with E-state index in [4.69, 9.17) is 5.14 Å². The number of benzene rings is 2. The lowest BCUT2D eigenvalue weighted by Gasteiger charge is -2.09. The van der Waals surface area contributed by atoms with Crippen LogP contribution < -0.4 is 9.86 Å². The summed E-state index contributed by atoms with van der Waals surface area (Å²) in [6.45, 7) is 1.64. The van der Waals surface area contributed by atoms with Gasteiger partial charge in [-0.1, -0.05) is 12.1 Å². The molecular weight excluding hydrogens is 355 g/mol. The van der Waals surface area contributed by atoms with E-state index in [2.05, 4.69) is 4.72 Å². The summed E-state index contributed by atoms with van der Waals surface area (Å²) >= 11 is 0. The summed E-state index contributed by atoms with van der Waals surface area (Å²) in [6.07, 6.45) is 0.365. The van der Waals surface area contributed by atoms with Crippen molar-refractivity contribution in [3.63, 3.8) is 0 Å². The second-order valence-electron chi connectivity index (χ2n) is 5.25. The number of sulfonamides is 2. The fourth-order valence-corrected chi connectivity index (χ4v) is 3.94. The van der Waals surface area contributed by atoms with Crippen molar-refractivity contribution < 1.29 is 21.2 Å². The predicted octanol–water partition coefficient (Wildman–Crippen LogP) is 1.30. The SMILES string of the molecule is Cc1cc(F)ccc1S(=O)(=O)NCCc1ccc(S(N)(=O)=O)cc1. The molecule has 0 saturated heterocycles. The van der Waals surface area contributed by atoms with Crippen LogP contribution in [0.4, 0.5) is 4.39 Å². The van der Waals surface area contributed by atoms with Crippen LogP contribution >= 0.6 is 0 Å². The zero-order chi connectivity index (χ0) is 18.0. The van der Waals surface area contributed by atoms with Gasteiger partial charge in [-0.2, -0.15) is 0 Å². The van der Waals surface area contributed by atoms with Crippen LogP contribution in [0.5, 0.6) is 0 Å². The second-order valence-corrected chi connectivity index (χ2v) is 8.54. The summed E-state index contributed by atoms with van der Waals surface area (Å²) in [5.74, 6) is -0.499. The van der Waals surface area contributed by atoms with Gasteiger partial charge in [0.25, 0.3) is 0 Å². The molecule has 24 heavy (non-hydrogen) atoms. The van der Waals surface area contributed by atoms with E-state index >= 15 is 0 Å². The van der Waals surface area contributed by atoms with Gasteiger partial charge in [0.05, 0.1) is 9.79 Å². The lowest BCUT2D eigenvalue weighted by atomic mass is 10.2. The number of nitrogens with one attached hydrogen (secondary N) is 1. The minimum absolute atomic E-state index is 0.00577. The molecule has 0 aromatic heterocycles. The van der Waals surface area contributed by atoms with Crippen LogP contribution in [0.2, 0.25) is 0 Å². The van der Waals surface area contributed by atoms with Crippen molar-refractivity contribution in [1.29, 1.82) is 0 Å². The third-order valence-electron chi connectivity index (χ3n) is 3.38. The molecule has 0 aliphatic heterocycles. The summed E-state index contributed by atoms with van der Waals surface area (Å²) < 4.78 is 62.2. The van der Waals surface area contributed by atoms with Crippen molar-refractivity contribution in [2.75, 3.05) is 6.54 Å². The molecule has 0 aliphatic carbocycles. The van der Waals surface area contributed by atoms with Crippen LogP contribution in [0, 0.1) is 12.7 Å². The number of hydrogen-bond donors (Lipinski definition) is 2. The van der Waals surface area contributed by atoms with Gasteiger partial charge in [0.15, 0.2) is 0 Å². The molecule has 0 radical (unpaired) electrons. The molecule has 0 fully saturated rings. The normalized spacial score (nSPS) is 12.3. The highest BCUT2D eigenvalue weighted by Crippen LogP contribution is 2.16. The lowest BCUT2D eigenvalue weighted by molar-refractivity contribution is 0.579. The molecule has 2 aromatic rings. The molecule has 3 N–H and O–H groups in total. The van der Waals surface area contributed by atoms with Gasteiger partial charge in [-0.15, -0.1) is 0 Å². The molecule has 130 valence electrons. The average Bonchev–Trinajstić information content (AvgIpc) is 2.46.